The zero-order valence-electron chi connectivity index (χ0n) is 29.5. The van der Waals surface area contributed by atoms with Gasteiger partial charge < -0.3 is 5.11 Å². The maximum atomic E-state index is 9.16. The molecule has 0 rings (SSSR count). The predicted octanol–water partition coefficient (Wildman–Crippen LogP) is 14.2. The summed E-state index contributed by atoms with van der Waals surface area (Å²) in [5.74, 6) is 1.45. The SMILES string of the molecule is CCCC/C=C\CC(CC/C=C\C=C/CCC(/C=C\C=C/CCCCCCCCCC)CCCCCCC)CCCCO. The summed E-state index contributed by atoms with van der Waals surface area (Å²) in [7, 11) is 0. The van der Waals surface area contributed by atoms with Crippen LogP contribution in [0.4, 0.5) is 0 Å². The van der Waals surface area contributed by atoms with Gasteiger partial charge in [0.25, 0.3) is 0 Å². The zero-order chi connectivity index (χ0) is 31.3. The van der Waals surface area contributed by atoms with Crippen LogP contribution in [0.5, 0.6) is 0 Å². The van der Waals surface area contributed by atoms with Gasteiger partial charge in [0, 0.05) is 6.61 Å². The van der Waals surface area contributed by atoms with Gasteiger partial charge in [0.1, 0.15) is 0 Å². The number of aliphatic hydroxyl groups is 1. The first-order chi connectivity index (χ1) is 21.3. The van der Waals surface area contributed by atoms with Gasteiger partial charge in [-0.1, -0.05) is 184 Å². The maximum absolute atomic E-state index is 9.16. The molecule has 0 saturated carbocycles. The molecule has 0 aromatic heterocycles. The van der Waals surface area contributed by atoms with Gasteiger partial charge in [-0.25, -0.2) is 0 Å². The Balaban J connectivity index is 4.42. The molecule has 43 heavy (non-hydrogen) atoms. The van der Waals surface area contributed by atoms with Gasteiger partial charge in [-0.3, -0.25) is 0 Å². The van der Waals surface area contributed by atoms with Crippen LogP contribution in [0.2, 0.25) is 0 Å². The summed E-state index contributed by atoms with van der Waals surface area (Å²) in [5, 5.41) is 9.16. The van der Waals surface area contributed by atoms with Gasteiger partial charge in [-0.15, -0.1) is 0 Å². The number of hydrogen-bond acceptors (Lipinski definition) is 1. The molecule has 1 N–H and O–H groups in total. The fraction of sp³-hybridized carbons (Fsp3) is 0.762. The molecule has 0 aromatic carbocycles. The molecule has 1 nitrogen and oxygen atoms in total. The van der Waals surface area contributed by atoms with E-state index in [1.165, 1.54) is 148 Å². The second-order valence-corrected chi connectivity index (χ2v) is 13.0. The van der Waals surface area contributed by atoms with Crippen LogP contribution in [0.15, 0.2) is 60.8 Å². The molecule has 0 radical (unpaired) electrons. The Hall–Kier alpha value is -1.34. The van der Waals surface area contributed by atoms with Gasteiger partial charge in [0.05, 0.1) is 0 Å². The van der Waals surface area contributed by atoms with Crippen molar-refractivity contribution in [2.75, 3.05) is 6.61 Å². The number of allylic oxidation sites excluding steroid dienone is 10. The maximum Gasteiger partial charge on any atom is 0.0431 e. The first kappa shape index (κ1) is 41.7. The minimum atomic E-state index is 0.329. The van der Waals surface area contributed by atoms with Crippen molar-refractivity contribution < 1.29 is 5.11 Å². The molecule has 2 unspecified atom stereocenters. The van der Waals surface area contributed by atoms with Crippen LogP contribution >= 0.6 is 0 Å². The molecular formula is C42H76O. The van der Waals surface area contributed by atoms with E-state index in [-0.39, 0.29) is 0 Å². The fourth-order valence-corrected chi connectivity index (χ4v) is 5.78. The molecule has 250 valence electrons. The molecule has 2 atom stereocenters. The van der Waals surface area contributed by atoms with Gasteiger partial charge in [0.2, 0.25) is 0 Å². The van der Waals surface area contributed by atoms with Crippen LogP contribution in [-0.4, -0.2) is 11.7 Å². The quantitative estimate of drug-likeness (QED) is 0.0454. The van der Waals surface area contributed by atoms with E-state index in [2.05, 4.69) is 81.5 Å². The van der Waals surface area contributed by atoms with Crippen LogP contribution in [0.25, 0.3) is 0 Å². The smallest absolute Gasteiger partial charge is 0.0431 e. The Bertz CT molecular complexity index is 666. The Morgan fingerprint density at radius 2 is 0.953 bits per heavy atom. The van der Waals surface area contributed by atoms with Crippen LogP contribution in [0, 0.1) is 11.8 Å². The topological polar surface area (TPSA) is 20.2 Å². The highest BCUT2D eigenvalue weighted by Gasteiger charge is 2.06. The highest BCUT2D eigenvalue weighted by Crippen LogP contribution is 2.21. The van der Waals surface area contributed by atoms with E-state index in [4.69, 9.17) is 5.11 Å². The van der Waals surface area contributed by atoms with Crippen molar-refractivity contribution in [2.24, 2.45) is 11.8 Å². The van der Waals surface area contributed by atoms with Crippen molar-refractivity contribution in [3.8, 4) is 0 Å². The summed E-state index contributed by atoms with van der Waals surface area (Å²) in [6.45, 7) is 7.18. The third kappa shape index (κ3) is 33.4. The minimum absolute atomic E-state index is 0.329. The van der Waals surface area contributed by atoms with Crippen LogP contribution in [-0.2, 0) is 0 Å². The van der Waals surface area contributed by atoms with Crippen LogP contribution < -0.4 is 0 Å². The summed E-state index contributed by atoms with van der Waals surface area (Å²) >= 11 is 0. The average molecular weight is 597 g/mol. The largest absolute Gasteiger partial charge is 0.396 e. The Morgan fingerprint density at radius 1 is 0.419 bits per heavy atom. The van der Waals surface area contributed by atoms with E-state index >= 15 is 0 Å². The van der Waals surface area contributed by atoms with Crippen molar-refractivity contribution in [2.45, 2.75) is 188 Å². The molecular weight excluding hydrogens is 520 g/mol. The molecule has 0 spiro atoms. The molecule has 0 saturated heterocycles. The third-order valence-corrected chi connectivity index (χ3v) is 8.74. The molecule has 0 bridgehead atoms. The van der Waals surface area contributed by atoms with E-state index in [0.29, 0.717) is 12.5 Å². The Morgan fingerprint density at radius 3 is 1.63 bits per heavy atom. The molecule has 0 aliphatic heterocycles. The van der Waals surface area contributed by atoms with Crippen molar-refractivity contribution >= 4 is 0 Å². The van der Waals surface area contributed by atoms with Crippen LogP contribution in [0.1, 0.15) is 188 Å². The summed E-state index contributed by atoms with van der Waals surface area (Å²) in [5.41, 5.74) is 0. The lowest BCUT2D eigenvalue weighted by Gasteiger charge is -2.13. The van der Waals surface area contributed by atoms with Crippen molar-refractivity contribution in [1.29, 1.82) is 0 Å². The van der Waals surface area contributed by atoms with Crippen molar-refractivity contribution in [3.63, 3.8) is 0 Å². The first-order valence-electron chi connectivity index (χ1n) is 19.2. The third-order valence-electron chi connectivity index (χ3n) is 8.74. The Labute approximate surface area is 271 Å². The van der Waals surface area contributed by atoms with E-state index in [1.807, 2.05) is 0 Å². The van der Waals surface area contributed by atoms with E-state index in [0.717, 1.165) is 25.2 Å². The number of rotatable bonds is 33. The van der Waals surface area contributed by atoms with E-state index in [9.17, 15) is 0 Å². The van der Waals surface area contributed by atoms with Crippen molar-refractivity contribution in [3.05, 3.63) is 60.8 Å². The monoisotopic (exact) mass is 597 g/mol. The molecule has 0 fully saturated rings. The Kier molecular flexibility index (Phi) is 35.7. The average Bonchev–Trinajstić information content (AvgIpc) is 3.01. The summed E-state index contributed by atoms with van der Waals surface area (Å²) < 4.78 is 0. The molecule has 0 aliphatic carbocycles. The molecule has 0 amide bonds. The highest BCUT2D eigenvalue weighted by molar-refractivity contribution is 5.06. The molecule has 1 heteroatoms. The first-order valence-corrected chi connectivity index (χ1v) is 19.2. The summed E-state index contributed by atoms with van der Waals surface area (Å²) in [6, 6.07) is 0. The normalized spacial score (nSPS) is 14.0. The lowest BCUT2D eigenvalue weighted by atomic mass is 9.93. The molecule has 0 aliphatic rings. The standard InChI is InChI=1S/C42H76O/c1-4-7-10-13-14-15-16-17-18-19-24-29-36-41(34-27-22-11-8-5-2)37-30-25-20-21-26-31-38-42(39-32-33-40-43)35-28-23-12-9-6-3/h19-21,23-26,28-29,36,41-43H,4-18,22,27,30-35,37-40H2,1-3H3/b24-19-,25-20-,26-21-,28-23-,36-29-. The molecule has 0 heterocycles. The zero-order valence-corrected chi connectivity index (χ0v) is 29.5. The predicted molar refractivity (Wildman–Crippen MR) is 197 cm³/mol. The van der Waals surface area contributed by atoms with Gasteiger partial charge >= 0.3 is 0 Å². The van der Waals surface area contributed by atoms with E-state index < -0.39 is 0 Å². The van der Waals surface area contributed by atoms with Crippen LogP contribution in [0.3, 0.4) is 0 Å². The highest BCUT2D eigenvalue weighted by atomic mass is 16.2. The summed E-state index contributed by atoms with van der Waals surface area (Å²) in [6.07, 6.45) is 57.4. The number of hydrogen-bond donors (Lipinski definition) is 1. The van der Waals surface area contributed by atoms with Gasteiger partial charge in [-0.05, 0) is 76.0 Å². The summed E-state index contributed by atoms with van der Waals surface area (Å²) in [4.78, 5) is 0. The fourth-order valence-electron chi connectivity index (χ4n) is 5.78. The second-order valence-electron chi connectivity index (χ2n) is 13.0. The van der Waals surface area contributed by atoms with E-state index in [1.54, 1.807) is 0 Å². The molecule has 0 aromatic rings. The second kappa shape index (κ2) is 36.8. The number of aliphatic hydroxyl groups excluding tert-OH is 1. The lowest BCUT2D eigenvalue weighted by molar-refractivity contribution is 0.276. The minimum Gasteiger partial charge on any atom is -0.396 e. The van der Waals surface area contributed by atoms with Gasteiger partial charge in [-0.2, -0.15) is 0 Å². The number of unbranched alkanes of at least 4 members (excludes halogenated alkanes) is 15. The van der Waals surface area contributed by atoms with Crippen molar-refractivity contribution in [1.82, 2.24) is 0 Å². The lowest BCUT2D eigenvalue weighted by Crippen LogP contribution is -2.00. The van der Waals surface area contributed by atoms with Gasteiger partial charge in [0.15, 0.2) is 0 Å².